The second kappa shape index (κ2) is 5.77. The van der Waals surface area contributed by atoms with Crippen LogP contribution in [0.3, 0.4) is 0 Å². The van der Waals surface area contributed by atoms with E-state index < -0.39 is 0 Å². The molecule has 6 heteroatoms. The summed E-state index contributed by atoms with van der Waals surface area (Å²) in [6.07, 6.45) is 3.17. The molecule has 1 aromatic carbocycles. The molecule has 22 heavy (non-hydrogen) atoms. The van der Waals surface area contributed by atoms with Gasteiger partial charge in [0, 0.05) is 30.7 Å². The van der Waals surface area contributed by atoms with Gasteiger partial charge in [0.2, 0.25) is 0 Å². The Hall–Kier alpha value is -3.02. The molecule has 0 aliphatic heterocycles. The highest BCUT2D eigenvalue weighted by molar-refractivity contribution is 6.04. The normalized spacial score (nSPS) is 10.5. The van der Waals surface area contributed by atoms with E-state index in [-0.39, 0.29) is 5.91 Å². The maximum atomic E-state index is 12.1. The van der Waals surface area contributed by atoms with Crippen molar-refractivity contribution in [2.75, 3.05) is 5.32 Å². The molecule has 2 aromatic heterocycles. The summed E-state index contributed by atoms with van der Waals surface area (Å²) in [5.74, 6) is 1.40. The Labute approximate surface area is 127 Å². The molecule has 1 amide bonds. The van der Waals surface area contributed by atoms with Crippen molar-refractivity contribution in [1.29, 1.82) is 0 Å². The molecule has 6 nitrogen and oxygen atoms in total. The lowest BCUT2D eigenvalue weighted by molar-refractivity contribution is 0.102. The number of pyridine rings is 1. The molecule has 0 atom stereocenters. The third-order valence-electron chi connectivity index (χ3n) is 3.39. The van der Waals surface area contributed by atoms with Gasteiger partial charge in [-0.3, -0.25) is 9.78 Å². The van der Waals surface area contributed by atoms with E-state index in [2.05, 4.69) is 20.5 Å². The van der Waals surface area contributed by atoms with Gasteiger partial charge >= 0.3 is 0 Å². The first-order valence-corrected chi connectivity index (χ1v) is 6.83. The molecule has 0 saturated carbocycles. The van der Waals surface area contributed by atoms with E-state index in [9.17, 15) is 4.79 Å². The molecule has 0 aliphatic carbocycles. The second-order valence-electron chi connectivity index (χ2n) is 4.91. The Kier molecular flexibility index (Phi) is 3.65. The number of benzene rings is 1. The van der Waals surface area contributed by atoms with Gasteiger partial charge in [-0.2, -0.15) is 0 Å². The van der Waals surface area contributed by atoms with Crippen molar-refractivity contribution in [3.63, 3.8) is 0 Å². The summed E-state index contributed by atoms with van der Waals surface area (Å²) in [5.41, 5.74) is 2.11. The van der Waals surface area contributed by atoms with Crippen molar-refractivity contribution in [3.8, 4) is 11.4 Å². The second-order valence-corrected chi connectivity index (χ2v) is 4.91. The van der Waals surface area contributed by atoms with Crippen molar-refractivity contribution in [1.82, 2.24) is 19.7 Å². The van der Waals surface area contributed by atoms with Crippen LogP contribution >= 0.6 is 0 Å². The number of anilines is 1. The number of hydrogen-bond acceptors (Lipinski definition) is 4. The van der Waals surface area contributed by atoms with Gasteiger partial charge in [-0.1, -0.05) is 12.1 Å². The summed E-state index contributed by atoms with van der Waals surface area (Å²) in [4.78, 5) is 16.1. The molecule has 3 aromatic rings. The summed E-state index contributed by atoms with van der Waals surface area (Å²) in [6.45, 7) is 1.89. The molecule has 0 fully saturated rings. The molecule has 110 valence electrons. The smallest absolute Gasteiger partial charge is 0.257 e. The third kappa shape index (κ3) is 2.71. The van der Waals surface area contributed by atoms with Crippen molar-refractivity contribution >= 4 is 11.6 Å². The Morgan fingerprint density at radius 2 is 2.05 bits per heavy atom. The number of aromatic nitrogens is 4. The minimum absolute atomic E-state index is 0.195. The van der Waals surface area contributed by atoms with Crippen LogP contribution in [-0.2, 0) is 7.05 Å². The maximum absolute atomic E-state index is 12.1. The van der Waals surface area contributed by atoms with Gasteiger partial charge in [0.25, 0.3) is 5.91 Å². The summed E-state index contributed by atoms with van der Waals surface area (Å²) in [5, 5.41) is 11.1. The number of carbonyl (C=O) groups is 1. The van der Waals surface area contributed by atoms with Crippen LogP contribution in [0.2, 0.25) is 0 Å². The summed E-state index contributed by atoms with van der Waals surface area (Å²) < 4.78 is 1.90. The van der Waals surface area contributed by atoms with Crippen LogP contribution in [0.4, 0.5) is 5.69 Å². The number of hydrogen-bond donors (Lipinski definition) is 1. The SMILES string of the molecule is Cc1nnc(-c2cccc(NC(=O)c3cccnc3)c2)n1C. The topological polar surface area (TPSA) is 72.7 Å². The molecule has 2 heterocycles. The standard InChI is InChI=1S/C16H15N5O/c1-11-19-20-15(21(11)2)12-5-3-7-14(9-12)18-16(22)13-6-4-8-17-10-13/h3-10H,1-2H3,(H,18,22). The minimum Gasteiger partial charge on any atom is -0.322 e. The van der Waals surface area contributed by atoms with Crippen LogP contribution in [0.1, 0.15) is 16.2 Å². The fourth-order valence-corrected chi connectivity index (χ4v) is 2.09. The number of amides is 1. The zero-order valence-corrected chi connectivity index (χ0v) is 12.3. The van der Waals surface area contributed by atoms with Crippen LogP contribution in [0.15, 0.2) is 48.8 Å². The summed E-state index contributed by atoms with van der Waals surface area (Å²) in [6, 6.07) is 11.0. The first kappa shape index (κ1) is 13.9. The van der Waals surface area contributed by atoms with Gasteiger partial charge in [0.05, 0.1) is 5.56 Å². The van der Waals surface area contributed by atoms with E-state index in [1.165, 1.54) is 6.20 Å². The number of rotatable bonds is 3. The molecule has 3 rings (SSSR count). The van der Waals surface area contributed by atoms with E-state index in [0.29, 0.717) is 11.3 Å². The van der Waals surface area contributed by atoms with Crippen LogP contribution in [0, 0.1) is 6.92 Å². The van der Waals surface area contributed by atoms with E-state index >= 15 is 0 Å². The van der Waals surface area contributed by atoms with Crippen molar-refractivity contribution in [3.05, 3.63) is 60.2 Å². The van der Waals surface area contributed by atoms with Crippen LogP contribution in [0.5, 0.6) is 0 Å². The zero-order valence-electron chi connectivity index (χ0n) is 12.3. The molecule has 0 aliphatic rings. The number of carbonyl (C=O) groups excluding carboxylic acids is 1. The van der Waals surface area contributed by atoms with Crippen LogP contribution in [-0.4, -0.2) is 25.7 Å². The lowest BCUT2D eigenvalue weighted by atomic mass is 10.1. The van der Waals surface area contributed by atoms with Gasteiger partial charge in [-0.15, -0.1) is 10.2 Å². The highest BCUT2D eigenvalue weighted by atomic mass is 16.1. The number of nitrogens with zero attached hydrogens (tertiary/aromatic N) is 4. The molecule has 0 radical (unpaired) electrons. The molecular formula is C16H15N5O. The first-order chi connectivity index (χ1) is 10.6. The molecule has 0 bridgehead atoms. The van der Waals surface area contributed by atoms with Gasteiger partial charge in [0.15, 0.2) is 5.82 Å². The number of nitrogens with one attached hydrogen (secondary N) is 1. The Balaban J connectivity index is 1.86. The lowest BCUT2D eigenvalue weighted by Crippen LogP contribution is -2.12. The monoisotopic (exact) mass is 293 g/mol. The molecule has 0 unspecified atom stereocenters. The molecule has 1 N–H and O–H groups in total. The third-order valence-corrected chi connectivity index (χ3v) is 3.39. The average Bonchev–Trinajstić information content (AvgIpc) is 2.88. The van der Waals surface area contributed by atoms with E-state index in [1.807, 2.05) is 42.8 Å². The summed E-state index contributed by atoms with van der Waals surface area (Å²) in [7, 11) is 1.91. The van der Waals surface area contributed by atoms with Gasteiger partial charge < -0.3 is 9.88 Å². The van der Waals surface area contributed by atoms with E-state index in [0.717, 1.165) is 17.2 Å². The average molecular weight is 293 g/mol. The Morgan fingerprint density at radius 3 is 2.73 bits per heavy atom. The predicted molar refractivity (Wildman–Crippen MR) is 83.4 cm³/mol. The molecule has 0 saturated heterocycles. The number of aryl methyl sites for hydroxylation is 1. The van der Waals surface area contributed by atoms with Gasteiger partial charge in [-0.05, 0) is 31.2 Å². The highest BCUT2D eigenvalue weighted by Gasteiger charge is 2.10. The molecule has 0 spiro atoms. The van der Waals surface area contributed by atoms with Crippen molar-refractivity contribution < 1.29 is 4.79 Å². The van der Waals surface area contributed by atoms with Gasteiger partial charge in [0.1, 0.15) is 5.82 Å². The molecular weight excluding hydrogens is 278 g/mol. The van der Waals surface area contributed by atoms with Crippen molar-refractivity contribution in [2.24, 2.45) is 7.05 Å². The minimum atomic E-state index is -0.195. The maximum Gasteiger partial charge on any atom is 0.257 e. The van der Waals surface area contributed by atoms with E-state index in [1.54, 1.807) is 18.3 Å². The fourth-order valence-electron chi connectivity index (χ4n) is 2.09. The van der Waals surface area contributed by atoms with E-state index in [4.69, 9.17) is 0 Å². The predicted octanol–water partition coefficient (Wildman–Crippen LogP) is 2.44. The van der Waals surface area contributed by atoms with Crippen LogP contribution < -0.4 is 5.32 Å². The van der Waals surface area contributed by atoms with Crippen LogP contribution in [0.25, 0.3) is 11.4 Å². The first-order valence-electron chi connectivity index (χ1n) is 6.83. The van der Waals surface area contributed by atoms with Crippen molar-refractivity contribution in [2.45, 2.75) is 6.92 Å². The fraction of sp³-hybridized carbons (Fsp3) is 0.125. The quantitative estimate of drug-likeness (QED) is 0.805. The lowest BCUT2D eigenvalue weighted by Gasteiger charge is -2.07. The summed E-state index contributed by atoms with van der Waals surface area (Å²) >= 11 is 0. The Morgan fingerprint density at radius 1 is 1.18 bits per heavy atom. The Bertz CT molecular complexity index is 810. The largest absolute Gasteiger partial charge is 0.322 e. The zero-order chi connectivity index (χ0) is 15.5. The highest BCUT2D eigenvalue weighted by Crippen LogP contribution is 2.21. The van der Waals surface area contributed by atoms with Gasteiger partial charge in [-0.25, -0.2) is 0 Å².